The van der Waals surface area contributed by atoms with Crippen molar-refractivity contribution in [3.63, 3.8) is 0 Å². The molecule has 0 spiro atoms. The van der Waals surface area contributed by atoms with E-state index in [0.717, 1.165) is 18.6 Å². The molecule has 7 N–H and O–H groups in total. The molecule has 6 rings (SSSR count). The first-order chi connectivity index (χ1) is 17.6. The standard InChI is InChI=1S/C27H28N2O8/c28-26(35)22-18(31)9-12-7-11-8-16-15(19-6-3-14(37-19)10-29-13-1-2-13)4-5-17(30)21(16)23(32)20(11)24(33)27(12,36)25(22)34/h3-6,11-13,18,22,29-32,36H,1-2,7-10H2,(H2,28,35)/t11-,12+,18?,22?,27+/m1/s1. The zero-order valence-corrected chi connectivity index (χ0v) is 19.9. The monoisotopic (exact) mass is 508 g/mol. The van der Waals surface area contributed by atoms with Gasteiger partial charge in [-0.25, -0.2) is 0 Å². The smallest absolute Gasteiger partial charge is 0.230 e. The van der Waals surface area contributed by atoms with Crippen LogP contribution in [-0.4, -0.2) is 55.6 Å². The van der Waals surface area contributed by atoms with E-state index in [1.54, 1.807) is 6.07 Å². The van der Waals surface area contributed by atoms with Gasteiger partial charge in [0.1, 0.15) is 28.9 Å². The molecule has 10 heteroatoms. The van der Waals surface area contributed by atoms with Crippen molar-refractivity contribution in [1.82, 2.24) is 5.32 Å². The van der Waals surface area contributed by atoms with Crippen molar-refractivity contribution in [3.05, 3.63) is 46.7 Å². The number of fused-ring (bicyclic) bond motifs is 3. The normalized spacial score (nSPS) is 31.1. The molecule has 0 bridgehead atoms. The van der Waals surface area contributed by atoms with Crippen molar-refractivity contribution < 1.29 is 39.2 Å². The second-order valence-corrected chi connectivity index (χ2v) is 10.6. The lowest BCUT2D eigenvalue weighted by molar-refractivity contribution is -0.174. The number of ketones is 2. The van der Waals surface area contributed by atoms with Gasteiger partial charge in [-0.1, -0.05) is 0 Å². The topological polar surface area (TPSA) is 183 Å². The lowest BCUT2D eigenvalue weighted by Crippen LogP contribution is -2.66. The summed E-state index contributed by atoms with van der Waals surface area (Å²) in [6, 6.07) is 7.28. The average molecular weight is 509 g/mol. The summed E-state index contributed by atoms with van der Waals surface area (Å²) in [5.74, 6) is -6.03. The van der Waals surface area contributed by atoms with Gasteiger partial charge in [0.25, 0.3) is 0 Å². The minimum Gasteiger partial charge on any atom is -0.507 e. The summed E-state index contributed by atoms with van der Waals surface area (Å²) >= 11 is 0. The fourth-order valence-electron chi connectivity index (χ4n) is 6.31. The van der Waals surface area contributed by atoms with Gasteiger partial charge in [-0.15, -0.1) is 0 Å². The van der Waals surface area contributed by atoms with Crippen LogP contribution in [0.1, 0.15) is 42.6 Å². The fourth-order valence-corrected chi connectivity index (χ4v) is 6.31. The number of phenolic OH excluding ortho intramolecular Hbond substituents is 1. The van der Waals surface area contributed by atoms with Crippen molar-refractivity contribution in [2.75, 3.05) is 0 Å². The SMILES string of the molecule is NC(=O)C1C(=O)[C@@]2(O)C(=O)C3=C(O)c4c(O)ccc(-c5ccc(CNC6CC6)o5)c4C[C@H]3C[C@H]2CC1O. The van der Waals surface area contributed by atoms with Crippen LogP contribution < -0.4 is 11.1 Å². The molecule has 0 saturated heterocycles. The second-order valence-electron chi connectivity index (χ2n) is 10.6. The highest BCUT2D eigenvalue weighted by molar-refractivity contribution is 6.24. The molecular weight excluding hydrogens is 480 g/mol. The number of phenols is 1. The number of carbonyl (C=O) groups is 3. The first-order valence-corrected chi connectivity index (χ1v) is 12.5. The van der Waals surface area contributed by atoms with Crippen LogP contribution in [0, 0.1) is 17.8 Å². The van der Waals surface area contributed by atoms with Gasteiger partial charge in [-0.3, -0.25) is 14.4 Å². The van der Waals surface area contributed by atoms with Crippen molar-refractivity contribution in [1.29, 1.82) is 0 Å². The second kappa shape index (κ2) is 8.27. The van der Waals surface area contributed by atoms with Gasteiger partial charge in [0.2, 0.25) is 11.7 Å². The number of aliphatic hydroxyl groups excluding tert-OH is 2. The Bertz CT molecular complexity index is 1370. The highest BCUT2D eigenvalue weighted by atomic mass is 16.3. The van der Waals surface area contributed by atoms with Gasteiger partial charge in [-0.05, 0) is 67.9 Å². The van der Waals surface area contributed by atoms with Crippen molar-refractivity contribution >= 4 is 23.2 Å². The van der Waals surface area contributed by atoms with E-state index in [4.69, 9.17) is 10.2 Å². The van der Waals surface area contributed by atoms with Crippen LogP contribution in [0.5, 0.6) is 5.75 Å². The summed E-state index contributed by atoms with van der Waals surface area (Å²) in [6.07, 6.45) is 1.06. The molecule has 1 heterocycles. The largest absolute Gasteiger partial charge is 0.507 e. The summed E-state index contributed by atoms with van der Waals surface area (Å²) in [5.41, 5.74) is 3.80. The molecule has 2 aromatic rings. The van der Waals surface area contributed by atoms with E-state index in [9.17, 15) is 34.8 Å². The molecule has 5 atom stereocenters. The zero-order valence-electron chi connectivity index (χ0n) is 19.9. The molecular formula is C27H28N2O8. The molecule has 37 heavy (non-hydrogen) atoms. The van der Waals surface area contributed by atoms with Gasteiger partial charge in [0.15, 0.2) is 11.4 Å². The molecule has 3 fully saturated rings. The number of aliphatic hydroxyl groups is 3. The minimum absolute atomic E-state index is 0.0444. The van der Waals surface area contributed by atoms with E-state index in [2.05, 4.69) is 5.32 Å². The fraction of sp³-hybridized carbons (Fsp3) is 0.444. The Morgan fingerprint density at radius 3 is 2.59 bits per heavy atom. The van der Waals surface area contributed by atoms with E-state index >= 15 is 0 Å². The number of aromatic hydroxyl groups is 1. The van der Waals surface area contributed by atoms with Crippen LogP contribution in [0.2, 0.25) is 0 Å². The predicted octanol–water partition coefficient (Wildman–Crippen LogP) is 1.10. The van der Waals surface area contributed by atoms with E-state index in [1.165, 1.54) is 6.07 Å². The summed E-state index contributed by atoms with van der Waals surface area (Å²) in [5, 5.41) is 47.0. The van der Waals surface area contributed by atoms with Gasteiger partial charge in [0, 0.05) is 23.1 Å². The Balaban J connectivity index is 1.41. The third-order valence-corrected chi connectivity index (χ3v) is 8.34. The summed E-state index contributed by atoms with van der Waals surface area (Å²) in [6.45, 7) is 0.584. The van der Waals surface area contributed by atoms with Crippen LogP contribution in [0.3, 0.4) is 0 Å². The molecule has 1 aromatic carbocycles. The maximum atomic E-state index is 13.6. The Morgan fingerprint density at radius 1 is 1.14 bits per heavy atom. The molecule has 0 aliphatic heterocycles. The maximum Gasteiger partial charge on any atom is 0.230 e. The maximum absolute atomic E-state index is 13.6. The number of nitrogens with one attached hydrogen (secondary N) is 1. The number of amides is 1. The van der Waals surface area contributed by atoms with E-state index < -0.39 is 52.7 Å². The molecule has 3 saturated carbocycles. The average Bonchev–Trinajstić information content (AvgIpc) is 3.56. The Kier molecular flexibility index (Phi) is 5.34. The van der Waals surface area contributed by atoms with Crippen LogP contribution in [-0.2, 0) is 27.3 Å². The number of nitrogens with two attached hydrogens (primary N) is 1. The Morgan fingerprint density at radius 2 is 1.89 bits per heavy atom. The zero-order chi connectivity index (χ0) is 26.2. The summed E-state index contributed by atoms with van der Waals surface area (Å²) < 4.78 is 6.04. The molecule has 4 aliphatic rings. The van der Waals surface area contributed by atoms with Gasteiger partial charge >= 0.3 is 0 Å². The third-order valence-electron chi connectivity index (χ3n) is 8.34. The van der Waals surface area contributed by atoms with Gasteiger partial charge in [0.05, 0.1) is 18.2 Å². The molecule has 194 valence electrons. The van der Waals surface area contributed by atoms with Gasteiger partial charge in [-0.2, -0.15) is 0 Å². The molecule has 1 amide bonds. The number of carbonyl (C=O) groups excluding carboxylic acids is 3. The lowest BCUT2D eigenvalue weighted by Gasteiger charge is -2.48. The number of rotatable bonds is 5. The highest BCUT2D eigenvalue weighted by Gasteiger charge is 2.64. The van der Waals surface area contributed by atoms with Crippen molar-refractivity contribution in [2.24, 2.45) is 23.5 Å². The van der Waals surface area contributed by atoms with Crippen LogP contribution in [0.15, 0.2) is 34.3 Å². The molecule has 1 aromatic heterocycles. The number of furan rings is 1. The number of primary amides is 1. The number of benzene rings is 1. The van der Waals surface area contributed by atoms with Crippen LogP contribution in [0.25, 0.3) is 17.1 Å². The lowest BCUT2D eigenvalue weighted by atomic mass is 9.56. The van der Waals surface area contributed by atoms with Crippen molar-refractivity contribution in [3.8, 4) is 17.1 Å². The summed E-state index contributed by atoms with van der Waals surface area (Å²) in [7, 11) is 0. The van der Waals surface area contributed by atoms with Crippen molar-refractivity contribution in [2.45, 2.75) is 56.4 Å². The molecule has 2 unspecified atom stereocenters. The molecule has 0 radical (unpaired) electrons. The van der Waals surface area contributed by atoms with E-state index in [-0.39, 0.29) is 36.1 Å². The summed E-state index contributed by atoms with van der Waals surface area (Å²) in [4.78, 5) is 38.5. The Hall–Kier alpha value is -3.47. The Labute approximate surface area is 211 Å². The quantitative estimate of drug-likeness (QED) is 0.322. The van der Waals surface area contributed by atoms with Gasteiger partial charge < -0.3 is 35.9 Å². The van der Waals surface area contributed by atoms with E-state index in [0.29, 0.717) is 29.5 Å². The first kappa shape index (κ1) is 23.9. The number of Topliss-reactive ketones (excluding diaryl/α,β-unsaturated/α-hetero) is 2. The minimum atomic E-state index is -2.59. The number of hydrogen-bond donors (Lipinski definition) is 6. The third kappa shape index (κ3) is 3.54. The van der Waals surface area contributed by atoms with Crippen LogP contribution in [0.4, 0.5) is 0 Å². The highest BCUT2D eigenvalue weighted by Crippen LogP contribution is 2.52. The van der Waals surface area contributed by atoms with E-state index in [1.807, 2.05) is 12.1 Å². The first-order valence-electron chi connectivity index (χ1n) is 12.5. The molecule has 10 nitrogen and oxygen atoms in total. The number of hydrogen-bond acceptors (Lipinski definition) is 9. The molecule has 4 aliphatic carbocycles. The van der Waals surface area contributed by atoms with Crippen LogP contribution >= 0.6 is 0 Å². The predicted molar refractivity (Wildman–Crippen MR) is 129 cm³/mol.